The fourth-order valence-corrected chi connectivity index (χ4v) is 2.79. The molecule has 0 unspecified atom stereocenters. The second kappa shape index (κ2) is 5.83. The maximum atomic E-state index is 13.5. The van der Waals surface area contributed by atoms with E-state index in [1.165, 1.54) is 12.1 Å². The summed E-state index contributed by atoms with van der Waals surface area (Å²) in [4.78, 5) is 12.1. The van der Waals surface area contributed by atoms with Crippen LogP contribution in [0.4, 0.5) is 4.39 Å². The van der Waals surface area contributed by atoms with Crippen LogP contribution in [0.1, 0.15) is 38.2 Å². The van der Waals surface area contributed by atoms with Crippen molar-refractivity contribution in [2.24, 2.45) is 11.8 Å². The van der Waals surface area contributed by atoms with Gasteiger partial charge < -0.3 is 0 Å². The highest BCUT2D eigenvalue weighted by atomic mass is 35.5. The number of hydrogen-bond acceptors (Lipinski definition) is 1. The van der Waals surface area contributed by atoms with Crippen molar-refractivity contribution in [3.8, 4) is 0 Å². The molecule has 0 aliphatic heterocycles. The Labute approximate surface area is 112 Å². The van der Waals surface area contributed by atoms with Crippen molar-refractivity contribution in [1.29, 1.82) is 0 Å². The highest BCUT2D eigenvalue weighted by Gasteiger charge is 2.24. The van der Waals surface area contributed by atoms with Crippen LogP contribution in [0.3, 0.4) is 0 Å². The van der Waals surface area contributed by atoms with E-state index in [1.807, 2.05) is 0 Å². The van der Waals surface area contributed by atoms with E-state index >= 15 is 0 Å². The smallest absolute Gasteiger partial charge is 0.140 e. The van der Waals surface area contributed by atoms with Gasteiger partial charge in [-0.15, -0.1) is 0 Å². The van der Waals surface area contributed by atoms with Crippen LogP contribution in [-0.2, 0) is 11.2 Å². The third kappa shape index (κ3) is 3.32. The summed E-state index contributed by atoms with van der Waals surface area (Å²) in [6.07, 6.45) is 4.28. The number of Topliss-reactive ketones (excluding diaryl/α,β-unsaturated/α-hetero) is 1. The van der Waals surface area contributed by atoms with Crippen molar-refractivity contribution in [2.45, 2.75) is 39.0 Å². The van der Waals surface area contributed by atoms with Gasteiger partial charge in [0.25, 0.3) is 0 Å². The van der Waals surface area contributed by atoms with Gasteiger partial charge in [-0.1, -0.05) is 31.4 Å². The van der Waals surface area contributed by atoms with Gasteiger partial charge in [-0.2, -0.15) is 0 Å². The Morgan fingerprint density at radius 1 is 1.33 bits per heavy atom. The normalized spacial score (nSPS) is 23.9. The predicted molar refractivity (Wildman–Crippen MR) is 71.2 cm³/mol. The Morgan fingerprint density at radius 3 is 2.67 bits per heavy atom. The lowest BCUT2D eigenvalue weighted by atomic mass is 9.79. The number of rotatable bonds is 3. The fraction of sp³-hybridized carbons (Fsp3) is 0.533. The van der Waals surface area contributed by atoms with E-state index in [-0.39, 0.29) is 23.9 Å². The molecule has 0 amide bonds. The lowest BCUT2D eigenvalue weighted by Crippen LogP contribution is -2.22. The number of carbonyl (C=O) groups is 1. The molecule has 18 heavy (non-hydrogen) atoms. The maximum Gasteiger partial charge on any atom is 0.140 e. The number of hydrogen-bond donors (Lipinski definition) is 0. The number of halogens is 2. The standard InChI is InChI=1S/C15H18ClFO/c1-10-2-4-11(5-3-10)15(18)9-12-8-13(16)6-7-14(12)17/h6-8,10-11H,2-5,9H2,1H3. The molecular formula is C15H18ClFO. The minimum Gasteiger partial charge on any atom is -0.299 e. The molecule has 0 atom stereocenters. The molecule has 0 saturated heterocycles. The van der Waals surface area contributed by atoms with Gasteiger partial charge >= 0.3 is 0 Å². The zero-order valence-corrected chi connectivity index (χ0v) is 11.3. The minimum absolute atomic E-state index is 0.111. The molecule has 0 bridgehead atoms. The Balaban J connectivity index is 2.00. The summed E-state index contributed by atoms with van der Waals surface area (Å²) in [6.45, 7) is 2.22. The van der Waals surface area contributed by atoms with E-state index in [0.717, 1.165) is 31.6 Å². The van der Waals surface area contributed by atoms with Gasteiger partial charge in [0, 0.05) is 17.4 Å². The molecule has 1 aromatic carbocycles. The van der Waals surface area contributed by atoms with Gasteiger partial charge in [-0.05, 0) is 42.5 Å². The van der Waals surface area contributed by atoms with Crippen molar-refractivity contribution in [2.75, 3.05) is 0 Å². The van der Waals surface area contributed by atoms with E-state index in [2.05, 4.69) is 6.92 Å². The molecule has 1 saturated carbocycles. The molecule has 1 aliphatic rings. The molecule has 0 aromatic heterocycles. The summed E-state index contributed by atoms with van der Waals surface area (Å²) in [7, 11) is 0. The Kier molecular flexibility index (Phi) is 4.39. The molecule has 1 aromatic rings. The fourth-order valence-electron chi connectivity index (χ4n) is 2.59. The van der Waals surface area contributed by atoms with Crippen LogP contribution in [0.25, 0.3) is 0 Å². The quantitative estimate of drug-likeness (QED) is 0.793. The van der Waals surface area contributed by atoms with Gasteiger partial charge in [-0.3, -0.25) is 4.79 Å². The zero-order chi connectivity index (χ0) is 13.1. The van der Waals surface area contributed by atoms with Crippen molar-refractivity contribution in [3.05, 3.63) is 34.6 Å². The first kappa shape index (κ1) is 13.5. The van der Waals surface area contributed by atoms with Crippen LogP contribution in [0.5, 0.6) is 0 Å². The molecule has 1 aliphatic carbocycles. The summed E-state index contributed by atoms with van der Waals surface area (Å²) in [5, 5.41) is 0.483. The molecule has 98 valence electrons. The first-order valence-corrected chi connectivity index (χ1v) is 6.90. The van der Waals surface area contributed by atoms with E-state index < -0.39 is 0 Å². The summed E-state index contributed by atoms with van der Waals surface area (Å²) in [6, 6.07) is 4.39. The number of carbonyl (C=O) groups excluding carboxylic acids is 1. The predicted octanol–water partition coefficient (Wildman–Crippen LogP) is 4.42. The van der Waals surface area contributed by atoms with Crippen LogP contribution in [0.2, 0.25) is 5.02 Å². The zero-order valence-electron chi connectivity index (χ0n) is 10.6. The van der Waals surface area contributed by atoms with Crippen molar-refractivity contribution in [1.82, 2.24) is 0 Å². The highest BCUT2D eigenvalue weighted by Crippen LogP contribution is 2.30. The molecule has 1 fully saturated rings. The van der Waals surface area contributed by atoms with E-state index in [4.69, 9.17) is 11.6 Å². The summed E-state index contributed by atoms with van der Waals surface area (Å²) in [5.74, 6) is 0.650. The van der Waals surface area contributed by atoms with E-state index in [0.29, 0.717) is 10.6 Å². The van der Waals surface area contributed by atoms with Gasteiger partial charge in [0.1, 0.15) is 11.6 Å². The Bertz CT molecular complexity index is 436. The average Bonchev–Trinajstić information content (AvgIpc) is 2.34. The lowest BCUT2D eigenvalue weighted by Gasteiger charge is -2.25. The molecule has 1 nitrogen and oxygen atoms in total. The Hall–Kier alpha value is -0.890. The second-order valence-corrected chi connectivity index (χ2v) is 5.77. The molecule has 0 heterocycles. The van der Waals surface area contributed by atoms with Crippen molar-refractivity contribution >= 4 is 17.4 Å². The SMILES string of the molecule is CC1CCC(C(=O)Cc2cc(Cl)ccc2F)CC1. The lowest BCUT2D eigenvalue weighted by molar-refractivity contribution is -0.123. The molecule has 0 spiro atoms. The van der Waals surface area contributed by atoms with Crippen molar-refractivity contribution in [3.63, 3.8) is 0 Å². The second-order valence-electron chi connectivity index (χ2n) is 5.34. The highest BCUT2D eigenvalue weighted by molar-refractivity contribution is 6.30. The molecule has 2 rings (SSSR count). The van der Waals surface area contributed by atoms with Crippen LogP contribution in [-0.4, -0.2) is 5.78 Å². The van der Waals surface area contributed by atoms with Gasteiger partial charge in [0.05, 0.1) is 0 Å². The number of benzene rings is 1. The monoisotopic (exact) mass is 268 g/mol. The molecular weight excluding hydrogens is 251 g/mol. The van der Waals surface area contributed by atoms with Crippen molar-refractivity contribution < 1.29 is 9.18 Å². The third-order valence-corrected chi connectivity index (χ3v) is 4.08. The number of ketones is 1. The third-order valence-electron chi connectivity index (χ3n) is 3.84. The van der Waals surface area contributed by atoms with Gasteiger partial charge in [0.2, 0.25) is 0 Å². The summed E-state index contributed by atoms with van der Waals surface area (Å²) in [5.41, 5.74) is 0.422. The molecule has 0 radical (unpaired) electrons. The van der Waals surface area contributed by atoms with E-state index in [9.17, 15) is 9.18 Å². The first-order valence-electron chi connectivity index (χ1n) is 6.53. The molecule has 0 N–H and O–H groups in total. The van der Waals surface area contributed by atoms with Gasteiger partial charge in [-0.25, -0.2) is 4.39 Å². The topological polar surface area (TPSA) is 17.1 Å². The van der Waals surface area contributed by atoms with Gasteiger partial charge in [0.15, 0.2) is 0 Å². The van der Waals surface area contributed by atoms with Crippen LogP contribution in [0, 0.1) is 17.7 Å². The van der Waals surface area contributed by atoms with Crippen LogP contribution in [0.15, 0.2) is 18.2 Å². The van der Waals surface area contributed by atoms with Crippen LogP contribution >= 0.6 is 11.6 Å². The maximum absolute atomic E-state index is 13.5. The Morgan fingerprint density at radius 2 is 2.00 bits per heavy atom. The summed E-state index contributed by atoms with van der Waals surface area (Å²) >= 11 is 5.83. The largest absolute Gasteiger partial charge is 0.299 e. The van der Waals surface area contributed by atoms with Crippen LogP contribution < -0.4 is 0 Å². The molecule has 3 heteroatoms. The summed E-state index contributed by atoms with van der Waals surface area (Å²) < 4.78 is 13.5. The minimum atomic E-state index is -0.336. The first-order chi connectivity index (χ1) is 8.56. The van der Waals surface area contributed by atoms with E-state index in [1.54, 1.807) is 6.07 Å². The average molecular weight is 269 g/mol.